The first-order valence-electron chi connectivity index (χ1n) is 11.8. The maximum Gasteiger partial charge on any atom is 0.248 e. The van der Waals surface area contributed by atoms with Crippen LogP contribution in [0.5, 0.6) is 5.75 Å². The molecule has 4 aromatic rings. The van der Waals surface area contributed by atoms with E-state index in [9.17, 15) is 15.0 Å². The van der Waals surface area contributed by atoms with Crippen LogP contribution in [0, 0.1) is 5.41 Å². The van der Waals surface area contributed by atoms with Crippen molar-refractivity contribution in [2.24, 2.45) is 0 Å². The van der Waals surface area contributed by atoms with Crippen LogP contribution in [-0.4, -0.2) is 53.1 Å². The average molecular weight is 486 g/mol. The standard InChI is InChI=1S/C28H31N5O3/c1-33(2)28(29)19-5-9-21(10-6-19)31-20-7-3-18(4-8-20)15-16-30-17-25(35)22-11-13-24(34)27-23(22)12-14-26(36)32-27/h3-14,25,29-31,34-35H,15-17H2,1-2H3,(H,32,36)/t25-/m0/s1. The third kappa shape index (κ3) is 5.91. The van der Waals surface area contributed by atoms with Gasteiger partial charge in [0.25, 0.3) is 0 Å². The summed E-state index contributed by atoms with van der Waals surface area (Å²) in [5, 5.41) is 36.0. The predicted octanol–water partition coefficient (Wildman–Crippen LogP) is 3.73. The Labute approximate surface area is 209 Å². The van der Waals surface area contributed by atoms with Gasteiger partial charge >= 0.3 is 0 Å². The Morgan fingerprint density at radius 3 is 2.31 bits per heavy atom. The van der Waals surface area contributed by atoms with Crippen LogP contribution < -0.4 is 16.2 Å². The van der Waals surface area contributed by atoms with Gasteiger partial charge in [0.15, 0.2) is 0 Å². The van der Waals surface area contributed by atoms with E-state index in [0.717, 1.165) is 23.4 Å². The van der Waals surface area contributed by atoms with Crippen LogP contribution >= 0.6 is 0 Å². The zero-order valence-corrected chi connectivity index (χ0v) is 20.4. The highest BCUT2D eigenvalue weighted by atomic mass is 16.3. The molecule has 186 valence electrons. The molecule has 6 N–H and O–H groups in total. The maximum absolute atomic E-state index is 11.6. The van der Waals surface area contributed by atoms with E-state index in [4.69, 9.17) is 5.41 Å². The molecule has 0 amide bonds. The third-order valence-electron chi connectivity index (χ3n) is 6.04. The number of nitrogens with one attached hydrogen (secondary N) is 4. The number of phenols is 1. The summed E-state index contributed by atoms with van der Waals surface area (Å²) in [5.41, 5.74) is 4.65. The number of benzene rings is 3. The Morgan fingerprint density at radius 2 is 1.64 bits per heavy atom. The molecule has 1 aromatic heterocycles. The van der Waals surface area contributed by atoms with Gasteiger partial charge in [-0.15, -0.1) is 0 Å². The fourth-order valence-corrected chi connectivity index (χ4v) is 4.02. The van der Waals surface area contributed by atoms with E-state index < -0.39 is 6.10 Å². The first-order chi connectivity index (χ1) is 17.3. The second-order valence-electron chi connectivity index (χ2n) is 8.90. The molecule has 1 atom stereocenters. The molecular formula is C28H31N5O3. The van der Waals surface area contributed by atoms with Crippen molar-refractivity contribution >= 4 is 28.1 Å². The van der Waals surface area contributed by atoms with E-state index in [-0.39, 0.29) is 11.3 Å². The van der Waals surface area contributed by atoms with Crippen molar-refractivity contribution in [1.82, 2.24) is 15.2 Å². The molecule has 8 nitrogen and oxygen atoms in total. The van der Waals surface area contributed by atoms with Gasteiger partial charge in [0.05, 0.1) is 11.6 Å². The van der Waals surface area contributed by atoms with Crippen LogP contribution in [0.4, 0.5) is 11.4 Å². The summed E-state index contributed by atoms with van der Waals surface area (Å²) < 4.78 is 0. The smallest absolute Gasteiger partial charge is 0.248 e. The molecule has 0 fully saturated rings. The molecule has 0 saturated carbocycles. The SMILES string of the molecule is CN(C)C(=N)c1ccc(Nc2ccc(CCNC[C@H](O)c3ccc(O)c4[nH]c(=O)ccc34)cc2)cc1. The lowest BCUT2D eigenvalue weighted by atomic mass is 10.0. The summed E-state index contributed by atoms with van der Waals surface area (Å²) in [6.45, 7) is 1.04. The molecule has 0 radical (unpaired) electrons. The van der Waals surface area contributed by atoms with Gasteiger partial charge in [0.2, 0.25) is 5.56 Å². The summed E-state index contributed by atoms with van der Waals surface area (Å²) in [6.07, 6.45) is 0.0243. The van der Waals surface area contributed by atoms with Crippen molar-refractivity contribution in [2.75, 3.05) is 32.5 Å². The Kier molecular flexibility index (Phi) is 7.68. The lowest BCUT2D eigenvalue weighted by Crippen LogP contribution is -2.24. The maximum atomic E-state index is 11.6. The summed E-state index contributed by atoms with van der Waals surface area (Å²) in [7, 11) is 3.71. The first kappa shape index (κ1) is 25.0. The van der Waals surface area contributed by atoms with E-state index >= 15 is 0 Å². The molecule has 0 aliphatic rings. The summed E-state index contributed by atoms with van der Waals surface area (Å²) in [5.74, 6) is 0.450. The number of amidine groups is 1. The van der Waals surface area contributed by atoms with E-state index in [1.165, 1.54) is 17.7 Å². The minimum atomic E-state index is -0.779. The lowest BCUT2D eigenvalue weighted by molar-refractivity contribution is 0.176. The molecule has 0 aliphatic heterocycles. The number of aliphatic hydroxyl groups is 1. The van der Waals surface area contributed by atoms with Gasteiger partial charge in [-0.2, -0.15) is 0 Å². The number of aromatic amines is 1. The van der Waals surface area contributed by atoms with Crippen LogP contribution in [0.3, 0.4) is 0 Å². The number of hydrogen-bond acceptors (Lipinski definition) is 6. The van der Waals surface area contributed by atoms with Crippen LogP contribution in [-0.2, 0) is 6.42 Å². The van der Waals surface area contributed by atoms with Crippen LogP contribution in [0.2, 0.25) is 0 Å². The molecule has 0 spiro atoms. The Balaban J connectivity index is 1.27. The zero-order chi connectivity index (χ0) is 25.7. The highest BCUT2D eigenvalue weighted by Gasteiger charge is 2.13. The molecule has 36 heavy (non-hydrogen) atoms. The zero-order valence-electron chi connectivity index (χ0n) is 20.4. The second kappa shape index (κ2) is 11.1. The monoisotopic (exact) mass is 485 g/mol. The second-order valence-corrected chi connectivity index (χ2v) is 8.90. The molecule has 1 heterocycles. The van der Waals surface area contributed by atoms with E-state index in [0.29, 0.717) is 35.4 Å². The highest BCUT2D eigenvalue weighted by Crippen LogP contribution is 2.28. The quantitative estimate of drug-likeness (QED) is 0.122. The predicted molar refractivity (Wildman–Crippen MR) is 144 cm³/mol. The number of aliphatic hydroxyl groups excluding tert-OH is 1. The molecule has 0 aliphatic carbocycles. The number of phenolic OH excluding ortho intramolecular Hbond substituents is 1. The van der Waals surface area contributed by atoms with Gasteiger partial charge in [-0.05, 0) is 72.6 Å². The number of fused-ring (bicyclic) bond motifs is 1. The number of hydrogen-bond donors (Lipinski definition) is 6. The van der Waals surface area contributed by atoms with Crippen LogP contribution in [0.15, 0.2) is 77.6 Å². The van der Waals surface area contributed by atoms with Crippen molar-refractivity contribution in [2.45, 2.75) is 12.5 Å². The van der Waals surface area contributed by atoms with E-state index in [2.05, 4.69) is 27.8 Å². The highest BCUT2D eigenvalue weighted by molar-refractivity contribution is 5.96. The summed E-state index contributed by atoms with van der Waals surface area (Å²) in [6, 6.07) is 22.1. The van der Waals surface area contributed by atoms with Gasteiger partial charge in [-0.25, -0.2) is 0 Å². The minimum Gasteiger partial charge on any atom is -0.506 e. The fraction of sp³-hybridized carbons (Fsp3) is 0.214. The fourth-order valence-electron chi connectivity index (χ4n) is 4.02. The van der Waals surface area contributed by atoms with Crippen LogP contribution in [0.25, 0.3) is 10.9 Å². The van der Waals surface area contributed by atoms with Gasteiger partial charge < -0.3 is 30.7 Å². The Morgan fingerprint density at radius 1 is 0.972 bits per heavy atom. The van der Waals surface area contributed by atoms with Gasteiger partial charge in [0, 0.05) is 49.0 Å². The van der Waals surface area contributed by atoms with Crippen molar-refractivity contribution in [1.29, 1.82) is 5.41 Å². The molecule has 8 heteroatoms. The number of H-pyrrole nitrogens is 1. The number of aromatic nitrogens is 1. The molecule has 0 unspecified atom stereocenters. The largest absolute Gasteiger partial charge is 0.506 e. The number of aromatic hydroxyl groups is 1. The van der Waals surface area contributed by atoms with Crippen LogP contribution in [0.1, 0.15) is 22.8 Å². The van der Waals surface area contributed by atoms with Gasteiger partial charge in [-0.3, -0.25) is 10.2 Å². The van der Waals surface area contributed by atoms with Crippen molar-refractivity contribution in [3.05, 3.63) is 99.8 Å². The third-order valence-corrected chi connectivity index (χ3v) is 6.04. The number of nitrogens with zero attached hydrogens (tertiary/aromatic N) is 1. The topological polar surface area (TPSA) is 124 Å². The lowest BCUT2D eigenvalue weighted by Gasteiger charge is -2.15. The van der Waals surface area contributed by atoms with Crippen molar-refractivity contribution in [3.63, 3.8) is 0 Å². The minimum absolute atomic E-state index is 0.0219. The average Bonchev–Trinajstić information content (AvgIpc) is 2.88. The molecule has 0 saturated heterocycles. The number of rotatable bonds is 9. The van der Waals surface area contributed by atoms with Gasteiger partial charge in [-0.1, -0.05) is 18.2 Å². The molecule has 4 rings (SSSR count). The van der Waals surface area contributed by atoms with Gasteiger partial charge in [0.1, 0.15) is 11.6 Å². The van der Waals surface area contributed by atoms with Crippen molar-refractivity contribution < 1.29 is 10.2 Å². The van der Waals surface area contributed by atoms with Crippen molar-refractivity contribution in [3.8, 4) is 5.75 Å². The summed E-state index contributed by atoms with van der Waals surface area (Å²) in [4.78, 5) is 16.0. The number of anilines is 2. The molecule has 0 bridgehead atoms. The molecule has 3 aromatic carbocycles. The summed E-state index contributed by atoms with van der Waals surface area (Å²) >= 11 is 0. The van der Waals surface area contributed by atoms with E-state index in [1.807, 2.05) is 50.5 Å². The Hall–Kier alpha value is -4.14. The number of pyridine rings is 1. The Bertz CT molecular complexity index is 1400. The van der Waals surface area contributed by atoms with E-state index in [1.54, 1.807) is 17.0 Å². The first-order valence-corrected chi connectivity index (χ1v) is 11.8. The normalized spacial score (nSPS) is 11.9. The molecular weight excluding hydrogens is 454 g/mol.